The fourth-order valence-corrected chi connectivity index (χ4v) is 4.42. The van der Waals surface area contributed by atoms with Crippen molar-refractivity contribution in [3.63, 3.8) is 0 Å². The van der Waals surface area contributed by atoms with Gasteiger partial charge in [-0.1, -0.05) is 7.43 Å². The Kier molecular flexibility index (Phi) is 7.67. The highest BCUT2D eigenvalue weighted by Crippen LogP contribution is 2.24. The number of ether oxygens (including phenoxy) is 2. The van der Waals surface area contributed by atoms with E-state index < -0.39 is 0 Å². The highest BCUT2D eigenvalue weighted by atomic mass is 16.6. The number of rotatable bonds is 0. The summed E-state index contributed by atoms with van der Waals surface area (Å²) in [7, 11) is 0. The maximum absolute atomic E-state index is 11.5. The Hall–Kier alpha value is -1.54. The molecule has 0 aliphatic carbocycles. The lowest BCUT2D eigenvalue weighted by molar-refractivity contribution is -0.0172. The van der Waals surface area contributed by atoms with Crippen LogP contribution >= 0.6 is 0 Å². The Labute approximate surface area is 182 Å². The summed E-state index contributed by atoms with van der Waals surface area (Å²) >= 11 is 0. The first kappa shape index (κ1) is 24.7. The SMILES string of the molecule is C.CC(C)(C)N1CCN2C(=O)OCC2C1.CC(C)(C)N1CCN2C(=O)OCCC2C1. The third-order valence-corrected chi connectivity index (χ3v) is 6.41. The molecule has 4 saturated heterocycles. The minimum Gasteiger partial charge on any atom is -0.449 e. The predicted octanol–water partition coefficient (Wildman–Crippen LogP) is 2.87. The van der Waals surface area contributed by atoms with Gasteiger partial charge in [0.1, 0.15) is 6.61 Å². The molecule has 4 aliphatic heterocycles. The van der Waals surface area contributed by atoms with Gasteiger partial charge in [-0.3, -0.25) is 14.7 Å². The van der Waals surface area contributed by atoms with Crippen LogP contribution in [0.1, 0.15) is 55.4 Å². The molecule has 0 bridgehead atoms. The largest absolute Gasteiger partial charge is 0.449 e. The van der Waals surface area contributed by atoms with Crippen molar-refractivity contribution in [2.24, 2.45) is 0 Å². The van der Waals surface area contributed by atoms with Crippen molar-refractivity contribution in [3.05, 3.63) is 0 Å². The van der Waals surface area contributed by atoms with Gasteiger partial charge in [-0.15, -0.1) is 0 Å². The van der Waals surface area contributed by atoms with Crippen LogP contribution in [-0.4, -0.2) is 107 Å². The second-order valence-corrected chi connectivity index (χ2v) is 10.4. The molecule has 2 atom stereocenters. The molecule has 0 N–H and O–H groups in total. The average molecular weight is 427 g/mol. The van der Waals surface area contributed by atoms with Crippen LogP contribution in [0.25, 0.3) is 0 Å². The van der Waals surface area contributed by atoms with Crippen LogP contribution < -0.4 is 0 Å². The normalized spacial score (nSPS) is 27.8. The fraction of sp³-hybridized carbons (Fsp3) is 0.909. The Morgan fingerprint density at radius 3 is 1.73 bits per heavy atom. The second-order valence-electron chi connectivity index (χ2n) is 10.4. The van der Waals surface area contributed by atoms with E-state index in [2.05, 4.69) is 51.3 Å². The lowest BCUT2D eigenvalue weighted by Crippen LogP contribution is -2.61. The van der Waals surface area contributed by atoms with Gasteiger partial charge in [0.25, 0.3) is 0 Å². The molecule has 0 radical (unpaired) electrons. The number of amides is 2. The molecule has 8 heteroatoms. The van der Waals surface area contributed by atoms with Crippen molar-refractivity contribution in [3.8, 4) is 0 Å². The van der Waals surface area contributed by atoms with Gasteiger partial charge in [0.05, 0.1) is 18.7 Å². The van der Waals surface area contributed by atoms with Crippen LogP contribution in [0.2, 0.25) is 0 Å². The molecule has 4 rings (SSSR count). The maximum Gasteiger partial charge on any atom is 0.410 e. The quantitative estimate of drug-likeness (QED) is 0.593. The van der Waals surface area contributed by atoms with Gasteiger partial charge in [0, 0.05) is 56.8 Å². The minimum atomic E-state index is -0.136. The van der Waals surface area contributed by atoms with E-state index in [-0.39, 0.29) is 36.7 Å². The molecular weight excluding hydrogens is 384 g/mol. The first-order valence-corrected chi connectivity index (χ1v) is 10.8. The number of carbonyl (C=O) groups is 2. The number of nitrogens with zero attached hydrogens (tertiary/aromatic N) is 4. The lowest BCUT2D eigenvalue weighted by atomic mass is 10.0. The number of cyclic esters (lactones) is 2. The number of piperazine rings is 2. The van der Waals surface area contributed by atoms with Gasteiger partial charge in [0.15, 0.2) is 0 Å². The first-order valence-electron chi connectivity index (χ1n) is 10.8. The molecule has 2 amide bonds. The Balaban J connectivity index is 0.000000207. The zero-order chi connectivity index (χ0) is 21.4. The van der Waals surface area contributed by atoms with E-state index in [0.29, 0.717) is 19.3 Å². The van der Waals surface area contributed by atoms with Gasteiger partial charge in [0.2, 0.25) is 0 Å². The van der Waals surface area contributed by atoms with Crippen LogP contribution in [0, 0.1) is 0 Å². The summed E-state index contributed by atoms with van der Waals surface area (Å²) in [5.74, 6) is 0. The van der Waals surface area contributed by atoms with E-state index in [1.807, 2.05) is 9.80 Å². The maximum atomic E-state index is 11.5. The van der Waals surface area contributed by atoms with Crippen molar-refractivity contribution in [1.82, 2.24) is 19.6 Å². The smallest absolute Gasteiger partial charge is 0.410 e. The summed E-state index contributed by atoms with van der Waals surface area (Å²) in [5, 5.41) is 0. The van der Waals surface area contributed by atoms with Crippen LogP contribution in [0.4, 0.5) is 9.59 Å². The average Bonchev–Trinajstić information content (AvgIpc) is 3.01. The molecule has 0 aromatic rings. The van der Waals surface area contributed by atoms with Crippen molar-refractivity contribution >= 4 is 12.2 Å². The summed E-state index contributed by atoms with van der Waals surface area (Å²) in [6, 6.07) is 0.634. The molecule has 30 heavy (non-hydrogen) atoms. The highest BCUT2D eigenvalue weighted by molar-refractivity contribution is 5.70. The minimum absolute atomic E-state index is 0. The molecular formula is C22H42N4O4. The van der Waals surface area contributed by atoms with Crippen LogP contribution in [0.3, 0.4) is 0 Å². The second kappa shape index (κ2) is 9.30. The molecule has 0 aromatic carbocycles. The Bertz CT molecular complexity index is 613. The number of hydrogen-bond donors (Lipinski definition) is 0. The number of carbonyl (C=O) groups excluding carboxylic acids is 2. The summed E-state index contributed by atoms with van der Waals surface area (Å²) in [5.41, 5.74) is 0.394. The molecule has 4 fully saturated rings. The molecule has 8 nitrogen and oxygen atoms in total. The molecule has 174 valence electrons. The van der Waals surface area contributed by atoms with E-state index >= 15 is 0 Å². The van der Waals surface area contributed by atoms with E-state index in [4.69, 9.17) is 9.47 Å². The molecule has 0 aromatic heterocycles. The zero-order valence-corrected chi connectivity index (χ0v) is 18.9. The molecule has 0 spiro atoms. The molecule has 4 heterocycles. The third kappa shape index (κ3) is 5.58. The summed E-state index contributed by atoms with van der Waals surface area (Å²) < 4.78 is 10.1. The van der Waals surface area contributed by atoms with Crippen LogP contribution in [0.15, 0.2) is 0 Å². The van der Waals surface area contributed by atoms with Gasteiger partial charge in [-0.2, -0.15) is 0 Å². The van der Waals surface area contributed by atoms with E-state index in [1.54, 1.807) is 0 Å². The number of fused-ring (bicyclic) bond motifs is 2. The van der Waals surface area contributed by atoms with Crippen molar-refractivity contribution in [2.45, 2.75) is 78.6 Å². The van der Waals surface area contributed by atoms with Gasteiger partial charge >= 0.3 is 12.2 Å². The van der Waals surface area contributed by atoms with Gasteiger partial charge in [-0.05, 0) is 41.5 Å². The highest BCUT2D eigenvalue weighted by Gasteiger charge is 2.40. The molecule has 0 saturated carbocycles. The zero-order valence-electron chi connectivity index (χ0n) is 18.9. The standard InChI is InChI=1S/C11H20N2O2.C10H18N2O2.CH4/c1-11(2,3)12-5-6-13-9(8-12)4-7-15-10(13)14;1-10(2,3)11-4-5-12-8(6-11)7-14-9(12)13;/h9H,4-8H2,1-3H3;8H,4-7H2,1-3H3;1H4. The Morgan fingerprint density at radius 2 is 1.20 bits per heavy atom. The van der Waals surface area contributed by atoms with Crippen molar-refractivity contribution in [2.75, 3.05) is 52.5 Å². The van der Waals surface area contributed by atoms with E-state index in [1.165, 1.54) is 0 Å². The van der Waals surface area contributed by atoms with E-state index in [0.717, 1.165) is 45.7 Å². The van der Waals surface area contributed by atoms with Gasteiger partial charge < -0.3 is 14.4 Å². The summed E-state index contributed by atoms with van der Waals surface area (Å²) in [6.07, 6.45) is 0.710. The van der Waals surface area contributed by atoms with Gasteiger partial charge in [-0.25, -0.2) is 9.59 Å². The number of hydrogen-bond acceptors (Lipinski definition) is 6. The fourth-order valence-electron chi connectivity index (χ4n) is 4.42. The van der Waals surface area contributed by atoms with E-state index in [9.17, 15) is 9.59 Å². The first-order chi connectivity index (χ1) is 13.5. The topological polar surface area (TPSA) is 65.6 Å². The van der Waals surface area contributed by atoms with Crippen molar-refractivity contribution in [1.29, 1.82) is 0 Å². The predicted molar refractivity (Wildman–Crippen MR) is 118 cm³/mol. The van der Waals surface area contributed by atoms with Crippen LogP contribution in [-0.2, 0) is 9.47 Å². The Morgan fingerprint density at radius 1 is 0.733 bits per heavy atom. The molecule has 2 unspecified atom stereocenters. The third-order valence-electron chi connectivity index (χ3n) is 6.41. The summed E-state index contributed by atoms with van der Waals surface area (Å²) in [4.78, 5) is 31.3. The monoisotopic (exact) mass is 426 g/mol. The lowest BCUT2D eigenvalue weighted by Gasteiger charge is -2.47. The molecule has 4 aliphatic rings. The van der Waals surface area contributed by atoms with Crippen molar-refractivity contribution < 1.29 is 19.1 Å². The van der Waals surface area contributed by atoms with Crippen LogP contribution in [0.5, 0.6) is 0 Å². The summed E-state index contributed by atoms with van der Waals surface area (Å²) in [6.45, 7) is 19.9.